The molecule has 4 heteroatoms. The Morgan fingerprint density at radius 1 is 1.39 bits per heavy atom. The third-order valence-corrected chi connectivity index (χ3v) is 3.76. The van der Waals surface area contributed by atoms with Crippen molar-refractivity contribution in [1.82, 2.24) is 10.2 Å². The highest BCUT2D eigenvalue weighted by Crippen LogP contribution is 2.20. The van der Waals surface area contributed by atoms with Crippen LogP contribution in [0.15, 0.2) is 0 Å². The molecule has 2 rings (SSSR count). The molecule has 0 aromatic heterocycles. The van der Waals surface area contributed by atoms with E-state index in [0.29, 0.717) is 12.1 Å². The second-order valence-electron chi connectivity index (χ2n) is 5.66. The van der Waals surface area contributed by atoms with Gasteiger partial charge in [0.2, 0.25) is 0 Å². The summed E-state index contributed by atoms with van der Waals surface area (Å²) in [4.78, 5) is 2.30. The first-order valence-corrected chi connectivity index (χ1v) is 7.23. The van der Waals surface area contributed by atoms with Gasteiger partial charge in [-0.05, 0) is 45.6 Å². The van der Waals surface area contributed by atoms with Gasteiger partial charge in [0.25, 0.3) is 0 Å². The molecule has 1 aliphatic heterocycles. The van der Waals surface area contributed by atoms with Crippen molar-refractivity contribution in [3.8, 4) is 6.07 Å². The normalized spacial score (nSPS) is 25.9. The van der Waals surface area contributed by atoms with Crippen molar-refractivity contribution in [2.24, 2.45) is 0 Å². The summed E-state index contributed by atoms with van der Waals surface area (Å²) in [6.45, 7) is 2.89. The van der Waals surface area contributed by atoms with Gasteiger partial charge in [0.1, 0.15) is 0 Å². The molecule has 2 unspecified atom stereocenters. The minimum Gasteiger partial charge on any atom is -0.377 e. The van der Waals surface area contributed by atoms with Crippen molar-refractivity contribution in [3.63, 3.8) is 0 Å². The molecule has 1 N–H and O–H groups in total. The summed E-state index contributed by atoms with van der Waals surface area (Å²) in [6.07, 6.45) is 7.49. The molecule has 1 saturated carbocycles. The van der Waals surface area contributed by atoms with E-state index in [1.54, 1.807) is 0 Å². The smallest absolute Gasteiger partial charge is 0.0967 e. The van der Waals surface area contributed by atoms with E-state index in [9.17, 15) is 0 Å². The standard InChI is InChI=1S/C14H25N3O/c1-17(11-14-4-2-3-9-18-14)8-7-13(10-15)16-12-5-6-12/h12-14,16H,2-9,11H2,1H3. The topological polar surface area (TPSA) is 48.3 Å². The molecule has 1 heterocycles. The maximum Gasteiger partial charge on any atom is 0.0967 e. The SMILES string of the molecule is CN(CCC(C#N)NC1CC1)CC1CCCCO1. The zero-order valence-electron chi connectivity index (χ0n) is 11.4. The molecule has 18 heavy (non-hydrogen) atoms. The number of rotatable bonds is 7. The van der Waals surface area contributed by atoms with Gasteiger partial charge in [0.05, 0.1) is 18.2 Å². The van der Waals surface area contributed by atoms with Crippen molar-refractivity contribution in [3.05, 3.63) is 0 Å². The highest BCUT2D eigenvalue weighted by atomic mass is 16.5. The highest BCUT2D eigenvalue weighted by Gasteiger charge is 2.24. The zero-order chi connectivity index (χ0) is 12.8. The predicted molar refractivity (Wildman–Crippen MR) is 71.3 cm³/mol. The van der Waals surface area contributed by atoms with Crippen molar-refractivity contribution < 1.29 is 4.74 Å². The molecule has 2 aliphatic rings. The fraction of sp³-hybridized carbons (Fsp3) is 0.929. The Hall–Kier alpha value is -0.630. The molecule has 0 aromatic carbocycles. The summed E-state index contributed by atoms with van der Waals surface area (Å²) in [7, 11) is 2.13. The summed E-state index contributed by atoms with van der Waals surface area (Å²) in [5.41, 5.74) is 0. The third kappa shape index (κ3) is 4.93. The first-order valence-electron chi connectivity index (χ1n) is 7.23. The van der Waals surface area contributed by atoms with Crippen LogP contribution in [-0.4, -0.2) is 49.8 Å². The molecule has 102 valence electrons. The van der Waals surface area contributed by atoms with Gasteiger partial charge in [-0.15, -0.1) is 0 Å². The molecule has 1 aliphatic carbocycles. The van der Waals surface area contributed by atoms with E-state index < -0.39 is 0 Å². The largest absolute Gasteiger partial charge is 0.377 e. The summed E-state index contributed by atoms with van der Waals surface area (Å²) < 4.78 is 5.73. The molecule has 0 bridgehead atoms. The van der Waals surface area contributed by atoms with E-state index in [0.717, 1.165) is 26.1 Å². The van der Waals surface area contributed by atoms with Gasteiger partial charge in [0, 0.05) is 25.7 Å². The number of hydrogen-bond acceptors (Lipinski definition) is 4. The van der Waals surface area contributed by atoms with Crippen molar-refractivity contribution in [1.29, 1.82) is 5.26 Å². The number of nitriles is 1. The van der Waals surface area contributed by atoms with Gasteiger partial charge in [-0.25, -0.2) is 0 Å². The van der Waals surface area contributed by atoms with Crippen LogP contribution >= 0.6 is 0 Å². The molecule has 0 spiro atoms. The van der Waals surface area contributed by atoms with Crippen molar-refractivity contribution in [2.75, 3.05) is 26.7 Å². The number of nitrogens with one attached hydrogen (secondary N) is 1. The molecule has 2 fully saturated rings. The van der Waals surface area contributed by atoms with E-state index in [1.807, 2.05) is 0 Å². The Labute approximate surface area is 110 Å². The van der Waals surface area contributed by atoms with Gasteiger partial charge in [-0.1, -0.05) is 0 Å². The van der Waals surface area contributed by atoms with Crippen molar-refractivity contribution in [2.45, 2.75) is 56.7 Å². The zero-order valence-corrected chi connectivity index (χ0v) is 11.4. The van der Waals surface area contributed by atoms with E-state index in [2.05, 4.69) is 23.3 Å². The molecular formula is C14H25N3O. The monoisotopic (exact) mass is 251 g/mol. The minimum absolute atomic E-state index is 0.0206. The van der Waals surface area contributed by atoms with Gasteiger partial charge in [-0.2, -0.15) is 5.26 Å². The summed E-state index contributed by atoms with van der Waals surface area (Å²) in [6, 6.07) is 3.00. The van der Waals surface area contributed by atoms with Gasteiger partial charge in [-0.3, -0.25) is 5.32 Å². The summed E-state index contributed by atoms with van der Waals surface area (Å²) in [5.74, 6) is 0. The van der Waals surface area contributed by atoms with Crippen LogP contribution in [0.4, 0.5) is 0 Å². The van der Waals surface area contributed by atoms with Crippen LogP contribution in [0.3, 0.4) is 0 Å². The van der Waals surface area contributed by atoms with Crippen LogP contribution in [0.1, 0.15) is 38.5 Å². The Morgan fingerprint density at radius 2 is 2.22 bits per heavy atom. The number of likely N-dealkylation sites (N-methyl/N-ethyl adjacent to an activating group) is 1. The average Bonchev–Trinajstić information content (AvgIpc) is 3.19. The first-order chi connectivity index (χ1) is 8.78. The second-order valence-corrected chi connectivity index (χ2v) is 5.66. The quantitative estimate of drug-likeness (QED) is 0.745. The third-order valence-electron chi connectivity index (χ3n) is 3.76. The lowest BCUT2D eigenvalue weighted by atomic mass is 10.1. The number of hydrogen-bond donors (Lipinski definition) is 1. The van der Waals surface area contributed by atoms with Crippen LogP contribution in [0.25, 0.3) is 0 Å². The van der Waals surface area contributed by atoms with Crippen molar-refractivity contribution >= 4 is 0 Å². The molecule has 2 atom stereocenters. The molecular weight excluding hydrogens is 226 g/mol. The molecule has 0 aromatic rings. The lowest BCUT2D eigenvalue weighted by Gasteiger charge is -2.27. The van der Waals surface area contributed by atoms with E-state index >= 15 is 0 Å². The van der Waals surface area contributed by atoms with Gasteiger partial charge in [0.15, 0.2) is 0 Å². The van der Waals surface area contributed by atoms with Gasteiger partial charge >= 0.3 is 0 Å². The Balaban J connectivity index is 1.60. The lowest BCUT2D eigenvalue weighted by molar-refractivity contribution is -0.00170. The number of ether oxygens (including phenoxy) is 1. The Bertz CT molecular complexity index is 279. The first kappa shape index (κ1) is 13.8. The average molecular weight is 251 g/mol. The second kappa shape index (κ2) is 7.08. The Kier molecular flexibility index (Phi) is 5.43. The minimum atomic E-state index is 0.0206. The summed E-state index contributed by atoms with van der Waals surface area (Å²) in [5, 5.41) is 12.5. The fourth-order valence-corrected chi connectivity index (χ4v) is 2.46. The lowest BCUT2D eigenvalue weighted by Crippen LogP contribution is -2.37. The van der Waals surface area contributed by atoms with Gasteiger partial charge < -0.3 is 9.64 Å². The number of nitrogens with zero attached hydrogens (tertiary/aromatic N) is 2. The van der Waals surface area contributed by atoms with E-state index in [4.69, 9.17) is 10.00 Å². The maximum atomic E-state index is 9.08. The predicted octanol–water partition coefficient (Wildman–Crippen LogP) is 1.52. The molecule has 0 radical (unpaired) electrons. The van der Waals surface area contributed by atoms with Crippen LogP contribution in [-0.2, 0) is 4.74 Å². The van der Waals surface area contributed by atoms with Crippen LogP contribution in [0, 0.1) is 11.3 Å². The van der Waals surface area contributed by atoms with E-state index in [1.165, 1.54) is 32.1 Å². The molecule has 4 nitrogen and oxygen atoms in total. The maximum absolute atomic E-state index is 9.08. The molecule has 1 saturated heterocycles. The van der Waals surface area contributed by atoms with Crippen LogP contribution in [0.2, 0.25) is 0 Å². The fourth-order valence-electron chi connectivity index (χ4n) is 2.46. The van der Waals surface area contributed by atoms with Crippen LogP contribution in [0.5, 0.6) is 0 Å². The van der Waals surface area contributed by atoms with E-state index in [-0.39, 0.29) is 6.04 Å². The molecule has 0 amide bonds. The summed E-state index contributed by atoms with van der Waals surface area (Å²) >= 11 is 0. The Morgan fingerprint density at radius 3 is 2.83 bits per heavy atom. The van der Waals surface area contributed by atoms with Crippen LogP contribution < -0.4 is 5.32 Å². The highest BCUT2D eigenvalue weighted by molar-refractivity contribution is 4.96.